The van der Waals surface area contributed by atoms with Crippen LogP contribution >= 0.6 is 25.3 Å². The van der Waals surface area contributed by atoms with E-state index in [9.17, 15) is 57.8 Å². The number of nitrogens with zero attached hydrogens (tertiary/aromatic N) is 4. The number of carbonyl (C=O) groups is 11. The van der Waals surface area contributed by atoms with E-state index in [1.54, 1.807) is 54.7 Å². The van der Waals surface area contributed by atoms with Crippen LogP contribution in [0.3, 0.4) is 0 Å². The number of fused-ring (bicyclic) bond motifs is 1. The van der Waals surface area contributed by atoms with Crippen LogP contribution in [0.1, 0.15) is 55.3 Å². The molecule has 1 unspecified atom stereocenters. The van der Waals surface area contributed by atoms with Crippen molar-refractivity contribution in [2.45, 2.75) is 106 Å². The first-order chi connectivity index (χ1) is 40.6. The summed E-state index contributed by atoms with van der Waals surface area (Å²) in [7, 11) is 0. The molecule has 33 heteroatoms. The molecule has 2 aromatic heterocycles. The van der Waals surface area contributed by atoms with Gasteiger partial charge < -0.3 is 86.3 Å². The molecule has 85 heavy (non-hydrogen) atoms. The molecule has 0 aliphatic carbocycles. The van der Waals surface area contributed by atoms with Gasteiger partial charge in [0, 0.05) is 79.3 Å². The number of aromatic amines is 2. The van der Waals surface area contributed by atoms with Crippen molar-refractivity contribution in [1.29, 1.82) is 0 Å². The summed E-state index contributed by atoms with van der Waals surface area (Å²) < 4.78 is 0. The molecule has 0 radical (unpaired) electrons. The highest BCUT2D eigenvalue weighted by atomic mass is 32.1. The van der Waals surface area contributed by atoms with Crippen molar-refractivity contribution in [2.24, 2.45) is 38.7 Å². The van der Waals surface area contributed by atoms with Crippen molar-refractivity contribution in [1.82, 2.24) is 62.4 Å². The van der Waals surface area contributed by atoms with Gasteiger partial charge in [0.2, 0.25) is 47.3 Å². The number of carboxylic acid groups (broad SMARTS) is 1. The van der Waals surface area contributed by atoms with Crippen LogP contribution in [0, 0.1) is 0 Å². The molecule has 0 spiro atoms. The van der Waals surface area contributed by atoms with Crippen molar-refractivity contribution in [3.05, 3.63) is 90.1 Å². The molecule has 0 saturated carbocycles. The lowest BCUT2D eigenvalue weighted by molar-refractivity contribution is -0.138. The fourth-order valence-corrected chi connectivity index (χ4v) is 9.30. The molecule has 5 rings (SSSR count). The fraction of sp³-hybridized carbons (Fsp3) is 0.423. The Morgan fingerprint density at radius 2 is 1.15 bits per heavy atom. The Morgan fingerprint density at radius 1 is 0.624 bits per heavy atom. The van der Waals surface area contributed by atoms with Crippen LogP contribution in [0.2, 0.25) is 0 Å². The van der Waals surface area contributed by atoms with E-state index in [4.69, 9.17) is 28.7 Å². The Balaban J connectivity index is 1.38. The van der Waals surface area contributed by atoms with Gasteiger partial charge >= 0.3 is 12.0 Å². The number of rotatable bonds is 35. The highest BCUT2D eigenvalue weighted by Crippen LogP contribution is 2.20. The van der Waals surface area contributed by atoms with Crippen molar-refractivity contribution >= 4 is 113 Å². The van der Waals surface area contributed by atoms with Crippen LogP contribution in [0.15, 0.2) is 83.3 Å². The number of aliphatic carboxylic acids is 1. The minimum Gasteiger partial charge on any atom is -0.481 e. The topological polar surface area (TPSA) is 507 Å². The molecule has 1 fully saturated rings. The highest BCUT2D eigenvalue weighted by Gasteiger charge is 2.40. The Bertz CT molecular complexity index is 3070. The highest BCUT2D eigenvalue weighted by molar-refractivity contribution is 7.80. The van der Waals surface area contributed by atoms with Crippen LogP contribution in [0.25, 0.3) is 10.9 Å². The van der Waals surface area contributed by atoms with Crippen LogP contribution in [0.4, 0.5) is 4.79 Å². The van der Waals surface area contributed by atoms with Crippen molar-refractivity contribution in [2.75, 3.05) is 31.1 Å². The number of nitrogens with two attached hydrogens (primary N) is 5. The van der Waals surface area contributed by atoms with Gasteiger partial charge in [-0.15, -0.1) is 0 Å². The molecule has 31 nitrogen and oxygen atoms in total. The molecule has 1 saturated heterocycles. The third-order valence-electron chi connectivity index (χ3n) is 13.1. The van der Waals surface area contributed by atoms with E-state index >= 15 is 0 Å². The number of nitrogens with one attached hydrogen (secondary N) is 10. The predicted octanol–water partition coefficient (Wildman–Crippen LogP) is -4.45. The molecular weight excluding hydrogens is 1150 g/mol. The second-order valence-electron chi connectivity index (χ2n) is 19.5. The summed E-state index contributed by atoms with van der Waals surface area (Å²) in [6.07, 6.45) is 2.94. The number of imidazole rings is 1. The number of thiol groups is 2. The number of primary amides is 1. The van der Waals surface area contributed by atoms with Gasteiger partial charge in [-0.3, -0.25) is 62.8 Å². The summed E-state index contributed by atoms with van der Waals surface area (Å²) in [5.74, 6) is -10.5. The number of H-pyrrole nitrogens is 2. The zero-order valence-electron chi connectivity index (χ0n) is 46.0. The second-order valence-corrected chi connectivity index (χ2v) is 20.3. The number of carboxylic acids is 1. The van der Waals surface area contributed by atoms with Gasteiger partial charge in [-0.05, 0) is 49.3 Å². The number of amides is 11. The number of hydrogen-bond acceptors (Lipinski definition) is 16. The average Bonchev–Trinajstić information content (AvgIpc) is 3.66. The summed E-state index contributed by atoms with van der Waals surface area (Å²) in [6, 6.07) is 3.45. The number of para-hydroxylation sites is 1. The molecule has 1 aliphatic rings. The van der Waals surface area contributed by atoms with Gasteiger partial charge in [-0.2, -0.15) is 25.3 Å². The first-order valence-corrected chi connectivity index (χ1v) is 28.0. The molecule has 8 atom stereocenters. The summed E-state index contributed by atoms with van der Waals surface area (Å²) in [4.78, 5) is 167. The zero-order chi connectivity index (χ0) is 62.2. The maximum absolute atomic E-state index is 14.7. The quantitative estimate of drug-likeness (QED) is 0.00679. The fourth-order valence-electron chi connectivity index (χ4n) is 8.77. The molecule has 458 valence electrons. The van der Waals surface area contributed by atoms with E-state index in [2.05, 4.69) is 92.7 Å². The van der Waals surface area contributed by atoms with Gasteiger partial charge in [-0.25, -0.2) is 9.78 Å². The lowest BCUT2D eigenvalue weighted by Gasteiger charge is -2.28. The van der Waals surface area contributed by atoms with Gasteiger partial charge in [0.05, 0.1) is 6.33 Å². The molecule has 11 amide bonds. The maximum Gasteiger partial charge on any atom is 0.325 e. The Hall–Kier alpha value is -9.40. The number of benzene rings is 2. The summed E-state index contributed by atoms with van der Waals surface area (Å²) in [5, 5.41) is 30.8. The van der Waals surface area contributed by atoms with Gasteiger partial charge in [0.1, 0.15) is 54.9 Å². The predicted molar refractivity (Wildman–Crippen MR) is 316 cm³/mol. The smallest absolute Gasteiger partial charge is 0.325 e. The molecule has 2 aromatic carbocycles. The van der Waals surface area contributed by atoms with Crippen molar-refractivity contribution in [3.63, 3.8) is 0 Å². The summed E-state index contributed by atoms with van der Waals surface area (Å²) in [5.41, 5.74) is 29.5. The van der Waals surface area contributed by atoms with Crippen molar-refractivity contribution < 1.29 is 57.8 Å². The van der Waals surface area contributed by atoms with Crippen LogP contribution in [-0.2, 0) is 67.2 Å². The third-order valence-corrected chi connectivity index (χ3v) is 13.9. The van der Waals surface area contributed by atoms with E-state index in [0.717, 1.165) is 10.9 Å². The summed E-state index contributed by atoms with van der Waals surface area (Å²) in [6.45, 7) is -0.623. The maximum atomic E-state index is 14.7. The van der Waals surface area contributed by atoms with E-state index in [-0.39, 0.29) is 75.0 Å². The van der Waals surface area contributed by atoms with Crippen LogP contribution in [-0.4, -0.2) is 182 Å². The van der Waals surface area contributed by atoms with E-state index in [1.807, 2.05) is 6.07 Å². The van der Waals surface area contributed by atoms with Gasteiger partial charge in [-0.1, -0.05) is 48.5 Å². The monoisotopic (exact) mass is 1220 g/mol. The lowest BCUT2D eigenvalue weighted by atomic mass is 10.0. The average molecular weight is 1220 g/mol. The van der Waals surface area contributed by atoms with E-state index in [0.29, 0.717) is 28.1 Å². The SMILES string of the molecule is NC(=O)[C@@H](CS)NC(=O)[C@@H](Cc1c[nH]c2ccccc12)NC(=O)[C@@H](CCCN=C(N)N)NC(=O)[C@H](Cc1ccccc1)NC(=O)[C@@H](Cc1cnc[nH]1)NC(=O)[C@H](CCC(=O)O)NC(=O)[C@@H](CS)NC(=O)CN1C(=O)NC(CCCN=C(N)N)C1=O. The molecule has 1 aliphatic heterocycles. The van der Waals surface area contributed by atoms with E-state index < -0.39 is 133 Å². The van der Waals surface area contributed by atoms with Crippen molar-refractivity contribution in [3.8, 4) is 0 Å². The standard InChI is InChI=1S/C52H71N19O12S2/c53-42(75)38(24-84)69-46(79)36(19-28-21-61-31-11-5-4-10-30(28)31)67-43(76)32(12-6-16-59-50(54)55)64-45(78)35(18-27-8-2-1-3-9-27)66-47(80)37(20-29-22-58-26-62-29)68-44(77)33(14-15-41(73)74)65-48(81)39(25-85)63-40(72)23-71-49(82)34(70-52(71)83)13-7-17-60-51(56)57/h1-5,8-11,21-22,26,32-39,61,84-85H,6-7,12-20,23-25H2,(H2,53,75)(H,58,62)(H,63,72)(H,64,78)(H,65,81)(H,66,80)(H,67,76)(H,68,77)(H,69,79)(H,70,83)(H,73,74)(H4,54,55,59)(H4,56,57,60)/t32-,33+,34?,35+,36-,37-,38-,39-/m1/s1. The molecule has 3 heterocycles. The zero-order valence-corrected chi connectivity index (χ0v) is 47.7. The third kappa shape index (κ3) is 21.1. The number of guanidine groups is 2. The Morgan fingerprint density at radius 3 is 1.73 bits per heavy atom. The van der Waals surface area contributed by atoms with Gasteiger partial charge in [0.25, 0.3) is 5.91 Å². The van der Waals surface area contributed by atoms with E-state index in [1.165, 1.54) is 12.5 Å². The number of urea groups is 1. The number of aromatic nitrogens is 3. The molecule has 4 aromatic rings. The first-order valence-electron chi connectivity index (χ1n) is 26.7. The minimum absolute atomic E-state index is 0.00686. The van der Waals surface area contributed by atoms with Crippen LogP contribution in [0.5, 0.6) is 0 Å². The lowest BCUT2D eigenvalue weighted by Crippen LogP contribution is -2.61. The second kappa shape index (κ2) is 33.0. The van der Waals surface area contributed by atoms with Gasteiger partial charge in [0.15, 0.2) is 11.9 Å². The number of hydrogen-bond donors (Lipinski definition) is 18. The number of aliphatic imine (C=N–C) groups is 2. The van der Waals surface area contributed by atoms with Crippen LogP contribution < -0.4 is 71.2 Å². The largest absolute Gasteiger partial charge is 0.481 e. The molecule has 0 bridgehead atoms. The summed E-state index contributed by atoms with van der Waals surface area (Å²) >= 11 is 8.31. The normalized spacial score (nSPS) is 15.3. The number of imide groups is 1. The Kier molecular flexibility index (Phi) is 25.8. The number of carbonyl (C=O) groups excluding carboxylic acids is 10. The first kappa shape index (κ1) is 66.4. The molecule has 21 N–H and O–H groups in total. The Labute approximate surface area is 497 Å². The molecular formula is C52H71N19O12S2. The minimum atomic E-state index is -1.69.